The molecule has 0 radical (unpaired) electrons. The van der Waals surface area contributed by atoms with Crippen molar-refractivity contribution >= 4 is 17.2 Å². The van der Waals surface area contributed by atoms with E-state index in [2.05, 4.69) is 10.6 Å². The van der Waals surface area contributed by atoms with Gasteiger partial charge in [0.2, 0.25) is 11.7 Å². The van der Waals surface area contributed by atoms with Crippen molar-refractivity contribution in [1.82, 2.24) is 0 Å². The minimum atomic E-state index is -0.828. The first-order chi connectivity index (χ1) is 10.2. The second-order valence-electron chi connectivity index (χ2n) is 4.92. The molecule has 4 rings (SSSR count). The maximum atomic E-state index is 12.5. The first kappa shape index (κ1) is 11.8. The summed E-state index contributed by atoms with van der Waals surface area (Å²) in [7, 11) is 0. The molecular weight excluding hydrogens is 268 g/mol. The Morgan fingerprint density at radius 2 is 1.62 bits per heavy atom. The Morgan fingerprint density at radius 3 is 2.38 bits per heavy atom. The summed E-state index contributed by atoms with van der Waals surface area (Å²) < 4.78 is 5.70. The molecule has 1 atom stereocenters. The Morgan fingerprint density at radius 1 is 0.952 bits per heavy atom. The average molecular weight is 280 g/mol. The molecule has 0 aliphatic carbocycles. The van der Waals surface area contributed by atoms with Gasteiger partial charge in [0.25, 0.3) is 0 Å². The molecule has 5 heteroatoms. The van der Waals surface area contributed by atoms with Crippen LogP contribution in [0.25, 0.3) is 0 Å². The van der Waals surface area contributed by atoms with E-state index in [0.29, 0.717) is 17.1 Å². The van der Waals surface area contributed by atoms with E-state index < -0.39 is 6.10 Å². The third kappa shape index (κ3) is 1.74. The predicted octanol–water partition coefficient (Wildman–Crippen LogP) is 2.74. The van der Waals surface area contributed by atoms with Crippen molar-refractivity contribution in [3.63, 3.8) is 0 Å². The van der Waals surface area contributed by atoms with E-state index >= 15 is 0 Å². The maximum absolute atomic E-state index is 12.5. The molecule has 0 bridgehead atoms. The summed E-state index contributed by atoms with van der Waals surface area (Å²) in [5.41, 5.74) is 2.53. The standard InChI is InChI=1S/C16H12N2O3/c19-12-8-4-1-5-9(12)15-14(20)13-16(21-15)18-11-7-3-2-6-10(11)17-13/h1-8,15,17-19H. The number of fused-ring (bicyclic) bond motifs is 1. The lowest BCUT2D eigenvalue weighted by Gasteiger charge is -2.19. The molecule has 1 unspecified atom stereocenters. The normalized spacial score (nSPS) is 19.2. The van der Waals surface area contributed by atoms with Gasteiger partial charge in [-0.25, -0.2) is 0 Å². The monoisotopic (exact) mass is 280 g/mol. The second-order valence-corrected chi connectivity index (χ2v) is 4.92. The van der Waals surface area contributed by atoms with Crippen LogP contribution in [0.4, 0.5) is 11.4 Å². The van der Waals surface area contributed by atoms with Gasteiger partial charge in [0.1, 0.15) is 11.4 Å². The summed E-state index contributed by atoms with van der Waals surface area (Å²) >= 11 is 0. The first-order valence-electron chi connectivity index (χ1n) is 6.60. The van der Waals surface area contributed by atoms with Crippen molar-refractivity contribution in [2.45, 2.75) is 6.10 Å². The van der Waals surface area contributed by atoms with Crippen LogP contribution in [-0.4, -0.2) is 10.9 Å². The minimum Gasteiger partial charge on any atom is -0.508 e. The Bertz CT molecular complexity index is 783. The number of hydrogen-bond donors (Lipinski definition) is 3. The Balaban J connectivity index is 1.69. The van der Waals surface area contributed by atoms with Gasteiger partial charge < -0.3 is 20.5 Å². The van der Waals surface area contributed by atoms with Gasteiger partial charge in [0, 0.05) is 5.56 Å². The van der Waals surface area contributed by atoms with Crippen LogP contribution in [0.2, 0.25) is 0 Å². The summed E-state index contributed by atoms with van der Waals surface area (Å²) in [6.45, 7) is 0. The molecule has 3 N–H and O–H groups in total. The molecule has 0 aromatic heterocycles. The lowest BCUT2D eigenvalue weighted by Crippen LogP contribution is -2.17. The van der Waals surface area contributed by atoms with Crippen LogP contribution < -0.4 is 10.6 Å². The largest absolute Gasteiger partial charge is 0.508 e. The van der Waals surface area contributed by atoms with Crippen molar-refractivity contribution in [3.8, 4) is 5.75 Å². The van der Waals surface area contributed by atoms with Gasteiger partial charge in [0.05, 0.1) is 11.4 Å². The highest BCUT2D eigenvalue weighted by Gasteiger charge is 2.40. The number of nitrogens with one attached hydrogen (secondary N) is 2. The lowest BCUT2D eigenvalue weighted by molar-refractivity contribution is -0.121. The van der Waals surface area contributed by atoms with Gasteiger partial charge in [-0.1, -0.05) is 30.3 Å². The average Bonchev–Trinajstić information content (AvgIpc) is 2.82. The smallest absolute Gasteiger partial charge is 0.229 e. The molecule has 0 saturated heterocycles. The SMILES string of the molecule is O=C1C2=C(Nc3ccccc3N2)OC1c1ccccc1O. The van der Waals surface area contributed by atoms with Crippen LogP contribution in [0.15, 0.2) is 60.1 Å². The van der Waals surface area contributed by atoms with Crippen LogP contribution in [0.3, 0.4) is 0 Å². The summed E-state index contributed by atoms with van der Waals surface area (Å²) in [6.07, 6.45) is -0.828. The van der Waals surface area contributed by atoms with Crippen LogP contribution >= 0.6 is 0 Å². The fourth-order valence-electron chi connectivity index (χ4n) is 2.56. The molecule has 0 fully saturated rings. The number of anilines is 2. The van der Waals surface area contributed by atoms with Gasteiger partial charge in [-0.3, -0.25) is 4.79 Å². The summed E-state index contributed by atoms with van der Waals surface area (Å²) in [4.78, 5) is 12.5. The van der Waals surface area contributed by atoms with Crippen LogP contribution in [0.5, 0.6) is 5.75 Å². The van der Waals surface area contributed by atoms with E-state index in [1.807, 2.05) is 24.3 Å². The number of hydrogen-bond acceptors (Lipinski definition) is 5. The molecule has 2 aromatic carbocycles. The van der Waals surface area contributed by atoms with Crippen molar-refractivity contribution < 1.29 is 14.6 Å². The van der Waals surface area contributed by atoms with Crippen molar-refractivity contribution in [3.05, 3.63) is 65.7 Å². The van der Waals surface area contributed by atoms with E-state index in [0.717, 1.165) is 11.4 Å². The number of Topliss-reactive ketones (excluding diaryl/α,β-unsaturated/α-hetero) is 1. The zero-order valence-electron chi connectivity index (χ0n) is 11.0. The van der Waals surface area contributed by atoms with Gasteiger partial charge in [-0.15, -0.1) is 0 Å². The van der Waals surface area contributed by atoms with Gasteiger partial charge in [0.15, 0.2) is 6.10 Å². The number of ether oxygens (including phenoxy) is 1. The number of ketones is 1. The lowest BCUT2D eigenvalue weighted by atomic mass is 10.0. The molecule has 21 heavy (non-hydrogen) atoms. The fourth-order valence-corrected chi connectivity index (χ4v) is 2.56. The van der Waals surface area contributed by atoms with E-state index in [4.69, 9.17) is 4.74 Å². The maximum Gasteiger partial charge on any atom is 0.229 e. The van der Waals surface area contributed by atoms with Crippen molar-refractivity contribution in [1.29, 1.82) is 0 Å². The van der Waals surface area contributed by atoms with E-state index in [1.165, 1.54) is 0 Å². The highest BCUT2D eigenvalue weighted by atomic mass is 16.5. The minimum absolute atomic E-state index is 0.0493. The van der Waals surface area contributed by atoms with Gasteiger partial charge in [-0.05, 0) is 18.2 Å². The molecule has 0 spiro atoms. The molecule has 104 valence electrons. The van der Waals surface area contributed by atoms with Crippen LogP contribution in [0, 0.1) is 0 Å². The van der Waals surface area contributed by atoms with Gasteiger partial charge >= 0.3 is 0 Å². The Kier molecular flexibility index (Phi) is 2.41. The van der Waals surface area contributed by atoms with Crippen LogP contribution in [0.1, 0.15) is 11.7 Å². The van der Waals surface area contributed by atoms with Crippen molar-refractivity contribution in [2.75, 3.05) is 10.6 Å². The quantitative estimate of drug-likeness (QED) is 0.749. The zero-order chi connectivity index (χ0) is 14.4. The third-order valence-corrected chi connectivity index (χ3v) is 3.60. The van der Waals surface area contributed by atoms with Crippen LogP contribution in [-0.2, 0) is 9.53 Å². The number of phenols is 1. The summed E-state index contributed by atoms with van der Waals surface area (Å²) in [5, 5.41) is 16.1. The van der Waals surface area contributed by atoms with Gasteiger partial charge in [-0.2, -0.15) is 0 Å². The zero-order valence-corrected chi connectivity index (χ0v) is 11.0. The molecule has 2 aliphatic heterocycles. The van der Waals surface area contributed by atoms with E-state index in [-0.39, 0.29) is 11.5 Å². The molecule has 2 heterocycles. The number of benzene rings is 2. The number of rotatable bonds is 1. The number of phenolic OH excluding ortho intramolecular Hbond substituents is 1. The summed E-state index contributed by atoms with van der Waals surface area (Å²) in [5.74, 6) is 0.244. The fraction of sp³-hybridized carbons (Fsp3) is 0.0625. The summed E-state index contributed by atoms with van der Waals surface area (Å²) in [6, 6.07) is 14.3. The number of aromatic hydroxyl groups is 1. The number of para-hydroxylation sites is 3. The molecule has 2 aliphatic rings. The Labute approximate surface area is 120 Å². The second kappa shape index (κ2) is 4.28. The van der Waals surface area contributed by atoms with Crippen molar-refractivity contribution in [2.24, 2.45) is 0 Å². The molecule has 2 aromatic rings. The molecule has 0 saturated carbocycles. The van der Waals surface area contributed by atoms with E-state index in [1.54, 1.807) is 24.3 Å². The van der Waals surface area contributed by atoms with E-state index in [9.17, 15) is 9.90 Å². The topological polar surface area (TPSA) is 70.6 Å². The first-order valence-corrected chi connectivity index (χ1v) is 6.60. The highest BCUT2D eigenvalue weighted by Crippen LogP contribution is 2.41. The predicted molar refractivity (Wildman–Crippen MR) is 77.7 cm³/mol. The third-order valence-electron chi connectivity index (χ3n) is 3.60. The number of carbonyl (C=O) groups excluding carboxylic acids is 1. The molecule has 0 amide bonds. The Hall–Kier alpha value is -2.95. The number of carbonyl (C=O) groups is 1. The highest BCUT2D eigenvalue weighted by molar-refractivity contribution is 6.06. The molecular formula is C16H12N2O3. The molecule has 5 nitrogen and oxygen atoms in total.